The summed E-state index contributed by atoms with van der Waals surface area (Å²) in [5, 5.41) is 4.71. The molecule has 8 heteroatoms. The molecule has 3 N–H and O–H groups in total. The van der Waals surface area contributed by atoms with Gasteiger partial charge in [-0.3, -0.25) is 0 Å². The monoisotopic (exact) mass is 537 g/mol. The lowest BCUT2D eigenvalue weighted by Gasteiger charge is -2.26. The summed E-state index contributed by atoms with van der Waals surface area (Å²) in [7, 11) is 3.86. The lowest BCUT2D eigenvalue weighted by atomic mass is 10.1. The van der Waals surface area contributed by atoms with E-state index in [2.05, 4.69) is 68.1 Å². The molecule has 208 valence electrons. The Morgan fingerprint density at radius 3 is 2.77 bits per heavy atom. The molecule has 2 aromatic heterocycles. The lowest BCUT2D eigenvalue weighted by molar-refractivity contribution is 0.346. The molecule has 40 heavy (non-hydrogen) atoms. The van der Waals surface area contributed by atoms with E-state index in [9.17, 15) is 0 Å². The van der Waals surface area contributed by atoms with Crippen molar-refractivity contribution in [3.63, 3.8) is 0 Å². The van der Waals surface area contributed by atoms with Crippen LogP contribution in [0.3, 0.4) is 0 Å². The molecule has 6 rings (SSSR count). The van der Waals surface area contributed by atoms with E-state index < -0.39 is 0 Å². The van der Waals surface area contributed by atoms with Crippen LogP contribution in [0.2, 0.25) is 0 Å². The van der Waals surface area contributed by atoms with Gasteiger partial charge in [-0.25, -0.2) is 9.97 Å². The number of hydrogen-bond donors (Lipinski definition) is 2. The zero-order valence-corrected chi connectivity index (χ0v) is 23.6. The van der Waals surface area contributed by atoms with Gasteiger partial charge in [0.25, 0.3) is 0 Å². The molecule has 0 spiro atoms. The summed E-state index contributed by atoms with van der Waals surface area (Å²) in [5.74, 6) is 1.31. The maximum atomic E-state index is 5.87. The molecule has 0 saturated carbocycles. The minimum absolute atomic E-state index is 0.549. The second kappa shape index (κ2) is 11.6. The normalized spacial score (nSPS) is 15.2. The van der Waals surface area contributed by atoms with Crippen LogP contribution in [0.5, 0.6) is 5.75 Å². The first kappa shape index (κ1) is 26.2. The smallest absolute Gasteiger partial charge is 0.227 e. The average molecular weight is 538 g/mol. The first-order valence-electron chi connectivity index (χ1n) is 14.4. The van der Waals surface area contributed by atoms with Gasteiger partial charge in [0.2, 0.25) is 5.95 Å². The molecule has 4 heterocycles. The van der Waals surface area contributed by atoms with Gasteiger partial charge in [0.15, 0.2) is 0 Å². The highest BCUT2D eigenvalue weighted by atomic mass is 16.5. The number of nitrogens with two attached hydrogens (primary N) is 1. The van der Waals surface area contributed by atoms with E-state index in [1.54, 1.807) is 13.3 Å². The number of methoxy groups -OCH3 is 1. The molecule has 0 unspecified atom stereocenters. The molecular formula is C32H39N7O. The van der Waals surface area contributed by atoms with Gasteiger partial charge in [0.1, 0.15) is 5.75 Å². The predicted octanol–water partition coefficient (Wildman–Crippen LogP) is 5.34. The third-order valence-corrected chi connectivity index (χ3v) is 8.27. The zero-order chi connectivity index (χ0) is 27.5. The van der Waals surface area contributed by atoms with Crippen molar-refractivity contribution < 1.29 is 4.74 Å². The lowest BCUT2D eigenvalue weighted by Crippen LogP contribution is -2.31. The number of hydrogen-bond acceptors (Lipinski definition) is 7. The van der Waals surface area contributed by atoms with Crippen molar-refractivity contribution in [1.29, 1.82) is 0 Å². The molecule has 2 aliphatic heterocycles. The number of likely N-dealkylation sites (tertiary alicyclic amines) is 1. The molecule has 1 fully saturated rings. The molecule has 1 saturated heterocycles. The van der Waals surface area contributed by atoms with Crippen LogP contribution in [0.15, 0.2) is 60.9 Å². The molecule has 0 aliphatic carbocycles. The first-order valence-corrected chi connectivity index (χ1v) is 14.4. The van der Waals surface area contributed by atoms with Crippen LogP contribution < -0.4 is 20.7 Å². The number of nitrogens with one attached hydrogen (secondary N) is 1. The highest BCUT2D eigenvalue weighted by molar-refractivity contribution is 5.97. The predicted molar refractivity (Wildman–Crippen MR) is 164 cm³/mol. The molecule has 2 aliphatic rings. The molecule has 4 aromatic rings. The van der Waals surface area contributed by atoms with Gasteiger partial charge in [-0.15, -0.1) is 0 Å². The molecule has 0 atom stereocenters. The van der Waals surface area contributed by atoms with Crippen LogP contribution in [0.25, 0.3) is 22.2 Å². The first-order chi connectivity index (χ1) is 19.7. The summed E-state index contributed by atoms with van der Waals surface area (Å²) in [6.07, 6.45) is 11.0. The number of likely N-dealkylation sites (N-methyl/N-ethyl adjacent to an activating group) is 1. The van der Waals surface area contributed by atoms with E-state index in [0.29, 0.717) is 5.95 Å². The number of nitrogens with zero attached hydrogens (tertiary/aromatic N) is 5. The topological polar surface area (TPSA) is 84.5 Å². The van der Waals surface area contributed by atoms with Crippen molar-refractivity contribution in [2.75, 3.05) is 50.6 Å². The Hall–Kier alpha value is -4.04. The summed E-state index contributed by atoms with van der Waals surface area (Å²) < 4.78 is 8.31. The van der Waals surface area contributed by atoms with Crippen molar-refractivity contribution in [3.8, 4) is 17.0 Å². The highest BCUT2D eigenvalue weighted by Crippen LogP contribution is 2.39. The number of para-hydroxylation sites is 1. The number of allylic oxidation sites excluding steroid dienone is 1. The van der Waals surface area contributed by atoms with Gasteiger partial charge in [-0.05, 0) is 75.2 Å². The molecule has 0 radical (unpaired) electrons. The maximum absolute atomic E-state index is 5.87. The fraction of sp³-hybridized carbons (Fsp3) is 0.375. The molecule has 2 aromatic carbocycles. The van der Waals surface area contributed by atoms with Crippen LogP contribution in [0.1, 0.15) is 30.5 Å². The Balaban J connectivity index is 1.31. The van der Waals surface area contributed by atoms with Crippen LogP contribution in [0, 0.1) is 0 Å². The summed E-state index contributed by atoms with van der Waals surface area (Å²) in [6.45, 7) is 5.47. The number of benzene rings is 2. The number of fused-ring (bicyclic) bond motifs is 3. The number of aromatic nitrogens is 3. The van der Waals surface area contributed by atoms with Gasteiger partial charge < -0.3 is 30.2 Å². The summed E-state index contributed by atoms with van der Waals surface area (Å²) in [6, 6.07) is 14.9. The van der Waals surface area contributed by atoms with E-state index in [0.717, 1.165) is 55.3 Å². The highest BCUT2D eigenvalue weighted by Gasteiger charge is 2.23. The third kappa shape index (κ3) is 5.11. The second-order valence-corrected chi connectivity index (χ2v) is 10.8. The van der Waals surface area contributed by atoms with E-state index in [1.165, 1.54) is 60.1 Å². The number of rotatable bonds is 10. The molecular weight excluding hydrogens is 498 g/mol. The summed E-state index contributed by atoms with van der Waals surface area (Å²) in [4.78, 5) is 14.4. The minimum Gasteiger partial charge on any atom is -0.494 e. The Bertz CT molecular complexity index is 1520. The van der Waals surface area contributed by atoms with Crippen molar-refractivity contribution in [3.05, 3.63) is 72.2 Å². The Morgan fingerprint density at radius 1 is 1.10 bits per heavy atom. The Labute approximate surface area is 236 Å². The average Bonchev–Trinajstić information content (AvgIpc) is 3.73. The largest absolute Gasteiger partial charge is 0.494 e. The minimum atomic E-state index is 0.549. The standard InChI is InChI=1S/C32H39N7O/c1-37(19-20-38-16-5-6-17-38)29-22-30(40-2)26(21-23(29)9-7-14-33)36-32-34-15-13-25(35-32)31-24-10-3-4-11-27(24)39-18-8-12-28(31)39/h3-4,7,10-11,13-15,21-22H,5-6,8-9,12,16-20,33H2,1-2H3,(H,34,35,36). The van der Waals surface area contributed by atoms with E-state index >= 15 is 0 Å². The molecule has 8 nitrogen and oxygen atoms in total. The number of aryl methyl sites for hydroxylation is 1. The maximum Gasteiger partial charge on any atom is 0.227 e. The molecule has 0 amide bonds. The second-order valence-electron chi connectivity index (χ2n) is 10.8. The Morgan fingerprint density at radius 2 is 1.95 bits per heavy atom. The SMILES string of the molecule is COc1cc(N(C)CCN2CCCC2)c(CC=CN)cc1Nc1nccc(-c2c3n(c4ccccc24)CCC3)n1. The van der Waals surface area contributed by atoms with Gasteiger partial charge in [-0.1, -0.05) is 24.3 Å². The van der Waals surface area contributed by atoms with Crippen LogP contribution in [-0.2, 0) is 19.4 Å². The van der Waals surface area contributed by atoms with Gasteiger partial charge in [0, 0.05) is 66.8 Å². The van der Waals surface area contributed by atoms with Crippen molar-refractivity contribution in [2.45, 2.75) is 38.6 Å². The quantitative estimate of drug-likeness (QED) is 0.282. The Kier molecular flexibility index (Phi) is 7.60. The number of anilines is 3. The van der Waals surface area contributed by atoms with Crippen molar-refractivity contribution in [1.82, 2.24) is 19.4 Å². The molecule has 0 bridgehead atoms. The third-order valence-electron chi connectivity index (χ3n) is 8.27. The van der Waals surface area contributed by atoms with Crippen molar-refractivity contribution in [2.24, 2.45) is 5.73 Å². The summed E-state index contributed by atoms with van der Waals surface area (Å²) in [5.41, 5.74) is 13.7. The van der Waals surface area contributed by atoms with Gasteiger partial charge >= 0.3 is 0 Å². The zero-order valence-electron chi connectivity index (χ0n) is 23.6. The van der Waals surface area contributed by atoms with Gasteiger partial charge in [0.05, 0.1) is 18.5 Å². The van der Waals surface area contributed by atoms with E-state index in [1.807, 2.05) is 18.3 Å². The van der Waals surface area contributed by atoms with Crippen LogP contribution in [0.4, 0.5) is 17.3 Å². The van der Waals surface area contributed by atoms with E-state index in [4.69, 9.17) is 15.5 Å². The van der Waals surface area contributed by atoms with E-state index in [-0.39, 0.29) is 0 Å². The summed E-state index contributed by atoms with van der Waals surface area (Å²) >= 11 is 0. The van der Waals surface area contributed by atoms with Crippen molar-refractivity contribution >= 4 is 28.2 Å². The van der Waals surface area contributed by atoms with Crippen LogP contribution >= 0.6 is 0 Å². The van der Waals surface area contributed by atoms with Gasteiger partial charge in [-0.2, -0.15) is 0 Å². The van der Waals surface area contributed by atoms with Crippen LogP contribution in [-0.4, -0.2) is 59.8 Å². The fourth-order valence-electron chi connectivity index (χ4n) is 6.25. The fourth-order valence-corrected chi connectivity index (χ4v) is 6.25. The number of ether oxygens (including phenoxy) is 1.